The van der Waals surface area contributed by atoms with E-state index in [9.17, 15) is 9.18 Å². The minimum Gasteiger partial charge on any atom is -0.478 e. The lowest BCUT2D eigenvalue weighted by Crippen LogP contribution is -2.09. The molecule has 20 heavy (non-hydrogen) atoms. The average Bonchev–Trinajstić information content (AvgIpc) is 3.09. The van der Waals surface area contributed by atoms with Crippen LogP contribution in [0.3, 0.4) is 0 Å². The third-order valence-electron chi connectivity index (χ3n) is 3.64. The molecule has 1 aliphatic carbocycles. The van der Waals surface area contributed by atoms with Gasteiger partial charge in [0.1, 0.15) is 5.82 Å². The zero-order chi connectivity index (χ0) is 14.1. The van der Waals surface area contributed by atoms with Crippen LogP contribution in [-0.2, 0) is 0 Å². The van der Waals surface area contributed by atoms with Gasteiger partial charge in [-0.2, -0.15) is 4.68 Å². The Morgan fingerprint density at radius 1 is 1.35 bits per heavy atom. The number of carboxylic acids is 1. The van der Waals surface area contributed by atoms with E-state index in [1.807, 2.05) is 0 Å². The molecule has 1 aromatic heterocycles. The first kappa shape index (κ1) is 12.7. The van der Waals surface area contributed by atoms with Crippen LogP contribution < -0.4 is 0 Å². The van der Waals surface area contributed by atoms with E-state index in [4.69, 9.17) is 5.11 Å². The molecule has 0 amide bonds. The number of benzene rings is 1. The molecule has 7 heteroatoms. The van der Waals surface area contributed by atoms with Gasteiger partial charge in [-0.25, -0.2) is 9.18 Å². The molecule has 104 valence electrons. The minimum atomic E-state index is -1.31. The number of aromatic carboxylic acids is 1. The highest BCUT2D eigenvalue weighted by molar-refractivity contribution is 5.88. The van der Waals surface area contributed by atoms with E-state index in [2.05, 4.69) is 15.5 Å². The molecule has 0 aliphatic heterocycles. The summed E-state index contributed by atoms with van der Waals surface area (Å²) in [5.41, 5.74) is 0.0890. The van der Waals surface area contributed by atoms with E-state index < -0.39 is 11.8 Å². The lowest BCUT2D eigenvalue weighted by Gasteiger charge is -2.10. The maximum absolute atomic E-state index is 13.4. The summed E-state index contributed by atoms with van der Waals surface area (Å²) in [6, 6.07) is 3.86. The predicted molar refractivity (Wildman–Crippen MR) is 67.3 cm³/mol. The molecular weight excluding hydrogens is 263 g/mol. The molecule has 1 aliphatic rings. The first-order valence-electron chi connectivity index (χ1n) is 6.48. The summed E-state index contributed by atoms with van der Waals surface area (Å²) >= 11 is 0. The molecule has 1 fully saturated rings. The average molecular weight is 276 g/mol. The number of nitrogens with zero attached hydrogens (tertiary/aromatic N) is 4. The molecule has 1 N–H and O–H groups in total. The summed E-state index contributed by atoms with van der Waals surface area (Å²) in [6.45, 7) is 0. The van der Waals surface area contributed by atoms with Crippen LogP contribution in [0.5, 0.6) is 0 Å². The van der Waals surface area contributed by atoms with Gasteiger partial charge in [0.15, 0.2) is 5.82 Å². The minimum absolute atomic E-state index is 0.281. The van der Waals surface area contributed by atoms with Crippen molar-refractivity contribution in [1.29, 1.82) is 0 Å². The van der Waals surface area contributed by atoms with Crippen molar-refractivity contribution < 1.29 is 14.3 Å². The van der Waals surface area contributed by atoms with Gasteiger partial charge in [0.25, 0.3) is 0 Å². The molecule has 0 atom stereocenters. The Bertz CT molecular complexity index is 650. The molecule has 0 unspecified atom stereocenters. The fourth-order valence-corrected chi connectivity index (χ4v) is 2.63. The second kappa shape index (κ2) is 4.99. The molecule has 0 bridgehead atoms. The number of rotatable bonds is 3. The second-order valence-corrected chi connectivity index (χ2v) is 4.90. The summed E-state index contributed by atoms with van der Waals surface area (Å²) in [5.74, 6) is -1.08. The van der Waals surface area contributed by atoms with Crippen molar-refractivity contribution in [3.8, 4) is 5.69 Å². The van der Waals surface area contributed by atoms with Gasteiger partial charge >= 0.3 is 5.97 Å². The summed E-state index contributed by atoms with van der Waals surface area (Å²) < 4.78 is 14.9. The van der Waals surface area contributed by atoms with Crippen LogP contribution in [0, 0.1) is 5.82 Å². The van der Waals surface area contributed by atoms with Crippen LogP contribution in [0.1, 0.15) is 47.8 Å². The van der Waals surface area contributed by atoms with Crippen LogP contribution >= 0.6 is 0 Å². The number of tetrazole rings is 1. The zero-order valence-electron chi connectivity index (χ0n) is 10.7. The normalized spacial score (nSPS) is 15.7. The van der Waals surface area contributed by atoms with Crippen LogP contribution in [0.15, 0.2) is 18.2 Å². The quantitative estimate of drug-likeness (QED) is 0.929. The highest BCUT2D eigenvalue weighted by Gasteiger charge is 2.24. The standard InChI is InChI=1S/C13H13FN4O2/c14-11-6-5-9(7-10(11)13(19)20)18-12(15-16-17-18)8-3-1-2-4-8/h5-8H,1-4H2,(H,19,20). The van der Waals surface area contributed by atoms with Crippen LogP contribution in [0.2, 0.25) is 0 Å². The SMILES string of the molecule is O=C(O)c1cc(-n2nnnc2C2CCCC2)ccc1F. The van der Waals surface area contributed by atoms with E-state index in [1.165, 1.54) is 16.8 Å². The maximum atomic E-state index is 13.4. The third kappa shape index (κ3) is 2.15. The number of carboxylic acid groups (broad SMARTS) is 1. The Hall–Kier alpha value is -2.31. The molecule has 1 saturated carbocycles. The van der Waals surface area contributed by atoms with Gasteiger partial charge in [-0.15, -0.1) is 5.10 Å². The number of halogens is 1. The van der Waals surface area contributed by atoms with Crippen LogP contribution in [0.25, 0.3) is 5.69 Å². The van der Waals surface area contributed by atoms with Gasteiger partial charge in [0, 0.05) is 5.92 Å². The van der Waals surface area contributed by atoms with E-state index in [-0.39, 0.29) is 11.5 Å². The van der Waals surface area contributed by atoms with Crippen molar-refractivity contribution >= 4 is 5.97 Å². The van der Waals surface area contributed by atoms with Gasteiger partial charge in [-0.05, 0) is 41.5 Å². The summed E-state index contributed by atoms with van der Waals surface area (Å²) in [6.07, 6.45) is 4.32. The molecule has 1 aromatic carbocycles. The lowest BCUT2D eigenvalue weighted by molar-refractivity contribution is 0.0692. The largest absolute Gasteiger partial charge is 0.478 e. The van der Waals surface area contributed by atoms with Gasteiger partial charge in [0.05, 0.1) is 11.3 Å². The Balaban J connectivity index is 2.03. The van der Waals surface area contributed by atoms with E-state index in [1.54, 1.807) is 0 Å². The Labute approximate surface area is 114 Å². The van der Waals surface area contributed by atoms with Crippen molar-refractivity contribution in [2.75, 3.05) is 0 Å². The van der Waals surface area contributed by atoms with Crippen molar-refractivity contribution in [2.24, 2.45) is 0 Å². The number of aromatic nitrogens is 4. The molecule has 1 heterocycles. The van der Waals surface area contributed by atoms with Gasteiger partial charge in [-0.3, -0.25) is 0 Å². The third-order valence-corrected chi connectivity index (χ3v) is 3.64. The first-order valence-corrected chi connectivity index (χ1v) is 6.48. The fourth-order valence-electron chi connectivity index (χ4n) is 2.63. The summed E-state index contributed by atoms with van der Waals surface area (Å²) in [7, 11) is 0. The summed E-state index contributed by atoms with van der Waals surface area (Å²) in [5, 5.41) is 20.6. The Kier molecular flexibility index (Phi) is 3.17. The fraction of sp³-hybridized carbons (Fsp3) is 0.385. The van der Waals surface area contributed by atoms with E-state index in [0.29, 0.717) is 11.5 Å². The van der Waals surface area contributed by atoms with Crippen LogP contribution in [-0.4, -0.2) is 31.3 Å². The van der Waals surface area contributed by atoms with Crippen molar-refractivity contribution in [3.63, 3.8) is 0 Å². The number of hydrogen-bond acceptors (Lipinski definition) is 4. The van der Waals surface area contributed by atoms with Crippen LogP contribution in [0.4, 0.5) is 4.39 Å². The van der Waals surface area contributed by atoms with Gasteiger partial charge in [-0.1, -0.05) is 12.8 Å². The monoisotopic (exact) mass is 276 g/mol. The molecule has 6 nitrogen and oxygen atoms in total. The molecule has 0 spiro atoms. The smallest absolute Gasteiger partial charge is 0.338 e. The molecule has 3 rings (SSSR count). The van der Waals surface area contributed by atoms with Crippen molar-refractivity contribution in [3.05, 3.63) is 35.4 Å². The van der Waals surface area contributed by atoms with E-state index >= 15 is 0 Å². The van der Waals surface area contributed by atoms with Crippen molar-refractivity contribution in [1.82, 2.24) is 20.2 Å². The van der Waals surface area contributed by atoms with E-state index in [0.717, 1.165) is 31.7 Å². The molecular formula is C13H13FN4O2. The zero-order valence-corrected chi connectivity index (χ0v) is 10.7. The maximum Gasteiger partial charge on any atom is 0.338 e. The Morgan fingerprint density at radius 2 is 2.10 bits per heavy atom. The van der Waals surface area contributed by atoms with Crippen molar-refractivity contribution in [2.45, 2.75) is 31.6 Å². The number of hydrogen-bond donors (Lipinski definition) is 1. The predicted octanol–water partition coefficient (Wildman–Crippen LogP) is 2.16. The number of carbonyl (C=O) groups is 1. The first-order chi connectivity index (χ1) is 9.66. The van der Waals surface area contributed by atoms with Gasteiger partial charge in [0.2, 0.25) is 0 Å². The highest BCUT2D eigenvalue weighted by atomic mass is 19.1. The summed E-state index contributed by atoms with van der Waals surface area (Å²) in [4.78, 5) is 11.0. The Morgan fingerprint density at radius 3 is 2.80 bits per heavy atom. The lowest BCUT2D eigenvalue weighted by atomic mass is 10.1. The molecule has 0 radical (unpaired) electrons. The molecule has 2 aromatic rings. The topological polar surface area (TPSA) is 80.9 Å². The second-order valence-electron chi connectivity index (χ2n) is 4.90. The molecule has 0 saturated heterocycles. The highest BCUT2D eigenvalue weighted by Crippen LogP contribution is 2.33. The van der Waals surface area contributed by atoms with Gasteiger partial charge < -0.3 is 5.11 Å².